The Morgan fingerprint density at radius 3 is 2.70 bits per heavy atom. The van der Waals surface area contributed by atoms with Crippen LogP contribution in [0.1, 0.15) is 5.69 Å². The Bertz CT molecular complexity index is 624. The van der Waals surface area contributed by atoms with Gasteiger partial charge in [0.2, 0.25) is 10.0 Å². The Kier molecular flexibility index (Phi) is 5.05. The zero-order valence-electron chi connectivity index (χ0n) is 10.7. The van der Waals surface area contributed by atoms with Crippen molar-refractivity contribution in [3.63, 3.8) is 0 Å². The molecule has 1 aromatic heterocycles. The predicted octanol–water partition coefficient (Wildman–Crippen LogP) is 1.20. The first-order valence-corrected chi connectivity index (χ1v) is 8.62. The van der Waals surface area contributed by atoms with Gasteiger partial charge in [0.25, 0.3) is 0 Å². The molecule has 2 rings (SSSR count). The fraction of sp³-hybridized carbons (Fsp3) is 0.250. The van der Waals surface area contributed by atoms with E-state index in [1.807, 2.05) is 12.1 Å². The van der Waals surface area contributed by atoms with Crippen LogP contribution in [-0.2, 0) is 16.6 Å². The molecular formula is C12H16N4O2S2. The van der Waals surface area contributed by atoms with Gasteiger partial charge in [-0.15, -0.1) is 11.8 Å². The normalized spacial score (nSPS) is 11.6. The summed E-state index contributed by atoms with van der Waals surface area (Å²) in [7, 11) is -3.28. The third-order valence-corrected chi connectivity index (χ3v) is 5.14. The minimum absolute atomic E-state index is 0.0657. The molecule has 0 saturated heterocycles. The van der Waals surface area contributed by atoms with Crippen LogP contribution >= 0.6 is 11.8 Å². The van der Waals surface area contributed by atoms with Gasteiger partial charge in [-0.1, -0.05) is 0 Å². The summed E-state index contributed by atoms with van der Waals surface area (Å²) in [6, 6.07) is 7.36. The fourth-order valence-corrected chi connectivity index (χ4v) is 3.77. The number of aromatic nitrogens is 2. The number of nitrogens with zero attached hydrogens (tertiary/aromatic N) is 1. The van der Waals surface area contributed by atoms with Crippen molar-refractivity contribution in [2.45, 2.75) is 11.4 Å². The van der Waals surface area contributed by atoms with Crippen LogP contribution in [0.4, 0.5) is 5.69 Å². The van der Waals surface area contributed by atoms with Gasteiger partial charge in [-0.3, -0.25) is 0 Å². The van der Waals surface area contributed by atoms with Gasteiger partial charge in [-0.05, 0) is 24.3 Å². The summed E-state index contributed by atoms with van der Waals surface area (Å²) >= 11 is 1.48. The zero-order chi connectivity index (χ0) is 14.4. The maximum Gasteiger partial charge on any atom is 0.212 e. The monoisotopic (exact) mass is 312 g/mol. The molecule has 0 bridgehead atoms. The van der Waals surface area contributed by atoms with Gasteiger partial charge >= 0.3 is 0 Å². The topological polar surface area (TPSA) is 101 Å². The first kappa shape index (κ1) is 14.9. The maximum absolute atomic E-state index is 11.8. The number of hydrogen-bond acceptors (Lipinski definition) is 5. The average Bonchev–Trinajstić information content (AvgIpc) is 2.92. The van der Waals surface area contributed by atoms with Crippen molar-refractivity contribution in [1.82, 2.24) is 14.7 Å². The van der Waals surface area contributed by atoms with Gasteiger partial charge in [0.15, 0.2) is 0 Å². The summed E-state index contributed by atoms with van der Waals surface area (Å²) in [5, 5.41) is 0. The Labute approximate surface area is 122 Å². The molecule has 4 N–H and O–H groups in total. The van der Waals surface area contributed by atoms with Crippen LogP contribution < -0.4 is 10.5 Å². The van der Waals surface area contributed by atoms with E-state index in [4.69, 9.17) is 5.73 Å². The minimum Gasteiger partial charge on any atom is -0.399 e. The van der Waals surface area contributed by atoms with Crippen LogP contribution in [0.3, 0.4) is 0 Å². The number of nitrogen functional groups attached to an aromatic ring is 1. The second kappa shape index (κ2) is 6.78. The van der Waals surface area contributed by atoms with Crippen LogP contribution in [0.15, 0.2) is 41.7 Å². The first-order valence-electron chi connectivity index (χ1n) is 5.98. The molecule has 0 spiro atoms. The number of anilines is 1. The molecule has 108 valence electrons. The summed E-state index contributed by atoms with van der Waals surface area (Å²) < 4.78 is 26.1. The molecule has 2 aromatic rings. The Hall–Kier alpha value is -1.51. The molecule has 0 atom stereocenters. The Morgan fingerprint density at radius 1 is 1.30 bits per heavy atom. The molecule has 8 heteroatoms. The first-order chi connectivity index (χ1) is 9.55. The van der Waals surface area contributed by atoms with Crippen molar-refractivity contribution in [3.8, 4) is 0 Å². The highest BCUT2D eigenvalue weighted by molar-refractivity contribution is 8.00. The van der Waals surface area contributed by atoms with Gasteiger partial charge in [0.05, 0.1) is 18.6 Å². The van der Waals surface area contributed by atoms with E-state index < -0.39 is 10.0 Å². The molecule has 20 heavy (non-hydrogen) atoms. The van der Waals surface area contributed by atoms with E-state index in [0.717, 1.165) is 10.6 Å². The van der Waals surface area contributed by atoms with Crippen LogP contribution in [-0.4, -0.2) is 29.9 Å². The van der Waals surface area contributed by atoms with Crippen molar-refractivity contribution in [1.29, 1.82) is 0 Å². The number of sulfonamides is 1. The summed E-state index contributed by atoms with van der Waals surface area (Å²) in [5.74, 6) is 0.554. The smallest absolute Gasteiger partial charge is 0.212 e. The van der Waals surface area contributed by atoms with E-state index in [1.54, 1.807) is 18.3 Å². The molecule has 0 saturated carbocycles. The summed E-state index contributed by atoms with van der Waals surface area (Å²) in [4.78, 5) is 7.67. The molecule has 0 unspecified atom stereocenters. The molecule has 0 fully saturated rings. The van der Waals surface area contributed by atoms with Crippen LogP contribution in [0, 0.1) is 0 Å². The largest absolute Gasteiger partial charge is 0.399 e. The lowest BCUT2D eigenvalue weighted by molar-refractivity contribution is 0.582. The van der Waals surface area contributed by atoms with E-state index in [-0.39, 0.29) is 12.3 Å². The van der Waals surface area contributed by atoms with Crippen molar-refractivity contribution >= 4 is 27.5 Å². The Balaban J connectivity index is 1.76. The third kappa shape index (κ3) is 4.87. The molecule has 1 aromatic carbocycles. The zero-order valence-corrected chi connectivity index (χ0v) is 12.4. The molecule has 0 aliphatic carbocycles. The number of H-pyrrole nitrogens is 1. The number of rotatable bonds is 7. The van der Waals surface area contributed by atoms with Crippen LogP contribution in [0.25, 0.3) is 0 Å². The second-order valence-electron chi connectivity index (χ2n) is 4.13. The van der Waals surface area contributed by atoms with E-state index in [0.29, 0.717) is 11.4 Å². The third-order valence-electron chi connectivity index (χ3n) is 2.54. The SMILES string of the molecule is Nc1ccc(SCCS(=O)(=O)NCc2cnc[nH]2)cc1. The minimum atomic E-state index is -3.28. The number of aromatic amines is 1. The number of imidazole rings is 1. The molecule has 0 aliphatic rings. The van der Waals surface area contributed by atoms with Crippen LogP contribution in [0.5, 0.6) is 0 Å². The molecule has 1 heterocycles. The number of thioether (sulfide) groups is 1. The lowest BCUT2D eigenvalue weighted by Crippen LogP contribution is -2.27. The van der Waals surface area contributed by atoms with Crippen molar-refractivity contribution in [3.05, 3.63) is 42.5 Å². The van der Waals surface area contributed by atoms with Gasteiger partial charge < -0.3 is 10.7 Å². The van der Waals surface area contributed by atoms with Crippen molar-refractivity contribution in [2.75, 3.05) is 17.2 Å². The Morgan fingerprint density at radius 2 is 2.05 bits per heavy atom. The van der Waals surface area contributed by atoms with Gasteiger partial charge in [-0.2, -0.15) is 0 Å². The van der Waals surface area contributed by atoms with Crippen LogP contribution in [0.2, 0.25) is 0 Å². The molecular weight excluding hydrogens is 296 g/mol. The lowest BCUT2D eigenvalue weighted by Gasteiger charge is -2.05. The van der Waals surface area contributed by atoms with E-state index in [1.165, 1.54) is 18.1 Å². The summed E-state index contributed by atoms with van der Waals surface area (Å²) in [6.45, 7) is 0.231. The van der Waals surface area contributed by atoms with Crippen molar-refractivity contribution < 1.29 is 8.42 Å². The van der Waals surface area contributed by atoms with E-state index in [2.05, 4.69) is 14.7 Å². The predicted molar refractivity (Wildman–Crippen MR) is 80.8 cm³/mol. The fourth-order valence-electron chi connectivity index (χ4n) is 1.47. The van der Waals surface area contributed by atoms with Gasteiger partial charge in [-0.25, -0.2) is 18.1 Å². The lowest BCUT2D eigenvalue weighted by atomic mass is 10.3. The van der Waals surface area contributed by atoms with Crippen molar-refractivity contribution in [2.24, 2.45) is 0 Å². The molecule has 6 nitrogen and oxygen atoms in total. The van der Waals surface area contributed by atoms with E-state index >= 15 is 0 Å². The summed E-state index contributed by atoms with van der Waals surface area (Å²) in [5.41, 5.74) is 7.02. The number of hydrogen-bond donors (Lipinski definition) is 3. The van der Waals surface area contributed by atoms with Gasteiger partial charge in [0, 0.05) is 28.2 Å². The van der Waals surface area contributed by atoms with Gasteiger partial charge in [0.1, 0.15) is 0 Å². The standard InChI is InChI=1S/C12H16N4O2S2/c13-10-1-3-12(4-2-10)19-5-6-20(17,18)16-8-11-7-14-9-15-11/h1-4,7,9,16H,5-6,8,13H2,(H,14,15). The summed E-state index contributed by atoms with van der Waals surface area (Å²) in [6.07, 6.45) is 3.10. The highest BCUT2D eigenvalue weighted by Crippen LogP contribution is 2.19. The highest BCUT2D eigenvalue weighted by Gasteiger charge is 2.10. The number of nitrogens with one attached hydrogen (secondary N) is 2. The molecule has 0 amide bonds. The average molecular weight is 312 g/mol. The number of nitrogens with two attached hydrogens (primary N) is 1. The highest BCUT2D eigenvalue weighted by atomic mass is 32.2. The maximum atomic E-state index is 11.8. The number of benzene rings is 1. The quantitative estimate of drug-likeness (QED) is 0.527. The second-order valence-corrected chi connectivity index (χ2v) is 7.23. The molecule has 0 radical (unpaired) electrons. The van der Waals surface area contributed by atoms with E-state index in [9.17, 15) is 8.42 Å². The molecule has 0 aliphatic heterocycles.